The van der Waals surface area contributed by atoms with E-state index in [-0.39, 0.29) is 0 Å². The molecule has 3 N–H and O–H groups in total. The second kappa shape index (κ2) is 6.18. The van der Waals surface area contributed by atoms with Crippen LogP contribution in [0.5, 0.6) is 0 Å². The Kier molecular flexibility index (Phi) is 4.34. The van der Waals surface area contributed by atoms with Gasteiger partial charge in [0.25, 0.3) is 0 Å². The van der Waals surface area contributed by atoms with E-state index in [9.17, 15) is 0 Å². The van der Waals surface area contributed by atoms with Crippen molar-refractivity contribution < 1.29 is 0 Å². The fourth-order valence-electron chi connectivity index (χ4n) is 2.06. The van der Waals surface area contributed by atoms with Gasteiger partial charge in [0.2, 0.25) is 0 Å². The standard InChI is InChI=1S/C14H20N6/c1-4-20-9-17-19-13(20)8-16-14(15)18-12-6-10(2)5-11(3)7-12/h5-7,9H,4,8H2,1-3H3,(H3,15,16,18). The van der Waals surface area contributed by atoms with Crippen molar-refractivity contribution in [2.45, 2.75) is 33.9 Å². The summed E-state index contributed by atoms with van der Waals surface area (Å²) in [6.45, 7) is 7.37. The molecule has 0 amide bonds. The summed E-state index contributed by atoms with van der Waals surface area (Å²) in [4.78, 5) is 4.29. The highest BCUT2D eigenvalue weighted by Gasteiger charge is 2.02. The van der Waals surface area contributed by atoms with Crippen molar-refractivity contribution in [2.75, 3.05) is 5.32 Å². The number of aryl methyl sites for hydroxylation is 3. The molecule has 106 valence electrons. The average molecular weight is 272 g/mol. The zero-order chi connectivity index (χ0) is 14.5. The zero-order valence-corrected chi connectivity index (χ0v) is 12.1. The van der Waals surface area contributed by atoms with Gasteiger partial charge in [0.15, 0.2) is 11.8 Å². The third-order valence-corrected chi connectivity index (χ3v) is 2.92. The molecule has 20 heavy (non-hydrogen) atoms. The summed E-state index contributed by atoms with van der Waals surface area (Å²) in [7, 11) is 0. The molecule has 0 saturated carbocycles. The Morgan fingerprint density at radius 3 is 2.65 bits per heavy atom. The summed E-state index contributed by atoms with van der Waals surface area (Å²) in [6, 6.07) is 6.18. The smallest absolute Gasteiger partial charge is 0.193 e. The Labute approximate surface area is 118 Å². The molecule has 0 unspecified atom stereocenters. The Morgan fingerprint density at radius 1 is 1.30 bits per heavy atom. The number of nitrogens with one attached hydrogen (secondary N) is 1. The normalized spacial score (nSPS) is 11.7. The molecule has 0 spiro atoms. The van der Waals surface area contributed by atoms with Gasteiger partial charge in [0, 0.05) is 12.2 Å². The van der Waals surface area contributed by atoms with Gasteiger partial charge in [-0.05, 0) is 44.0 Å². The fourth-order valence-corrected chi connectivity index (χ4v) is 2.06. The molecule has 0 aliphatic carbocycles. The van der Waals surface area contributed by atoms with Crippen LogP contribution in [-0.2, 0) is 13.1 Å². The summed E-state index contributed by atoms with van der Waals surface area (Å²) in [6.07, 6.45) is 1.69. The van der Waals surface area contributed by atoms with E-state index >= 15 is 0 Å². The maximum atomic E-state index is 5.90. The number of benzene rings is 1. The third kappa shape index (κ3) is 3.57. The van der Waals surface area contributed by atoms with Gasteiger partial charge in [0.1, 0.15) is 12.9 Å². The number of hydrogen-bond acceptors (Lipinski definition) is 3. The SMILES string of the molecule is CCn1cnnc1CN=C(N)Nc1cc(C)cc(C)c1. The molecule has 0 fully saturated rings. The van der Waals surface area contributed by atoms with Crippen molar-refractivity contribution in [3.05, 3.63) is 41.5 Å². The number of guanidine groups is 1. The molecule has 0 atom stereocenters. The van der Waals surface area contributed by atoms with Gasteiger partial charge in [-0.1, -0.05) is 6.07 Å². The van der Waals surface area contributed by atoms with E-state index in [0.717, 1.165) is 18.1 Å². The molecule has 0 bridgehead atoms. The molecule has 0 radical (unpaired) electrons. The van der Waals surface area contributed by atoms with Gasteiger partial charge in [-0.2, -0.15) is 0 Å². The summed E-state index contributed by atoms with van der Waals surface area (Å²) in [5.41, 5.74) is 9.21. The number of aliphatic imine (C=N–C) groups is 1. The monoisotopic (exact) mass is 272 g/mol. The van der Waals surface area contributed by atoms with Crippen LogP contribution in [0.25, 0.3) is 0 Å². The number of nitrogens with zero attached hydrogens (tertiary/aromatic N) is 4. The summed E-state index contributed by atoms with van der Waals surface area (Å²) < 4.78 is 1.94. The van der Waals surface area contributed by atoms with Gasteiger partial charge in [-0.15, -0.1) is 10.2 Å². The quantitative estimate of drug-likeness (QED) is 0.657. The van der Waals surface area contributed by atoms with Crippen molar-refractivity contribution in [3.63, 3.8) is 0 Å². The second-order valence-corrected chi connectivity index (χ2v) is 4.74. The highest BCUT2D eigenvalue weighted by atomic mass is 15.3. The van der Waals surface area contributed by atoms with E-state index in [2.05, 4.69) is 40.4 Å². The highest BCUT2D eigenvalue weighted by Crippen LogP contribution is 2.13. The van der Waals surface area contributed by atoms with Crippen molar-refractivity contribution in [2.24, 2.45) is 10.7 Å². The average Bonchev–Trinajstić information content (AvgIpc) is 2.82. The van der Waals surface area contributed by atoms with Gasteiger partial charge in [0.05, 0.1) is 0 Å². The largest absolute Gasteiger partial charge is 0.370 e. The third-order valence-electron chi connectivity index (χ3n) is 2.92. The maximum Gasteiger partial charge on any atom is 0.193 e. The van der Waals surface area contributed by atoms with Crippen LogP contribution in [0, 0.1) is 13.8 Å². The lowest BCUT2D eigenvalue weighted by Crippen LogP contribution is -2.23. The van der Waals surface area contributed by atoms with Gasteiger partial charge in [-0.3, -0.25) is 0 Å². The minimum Gasteiger partial charge on any atom is -0.370 e. The summed E-state index contributed by atoms with van der Waals surface area (Å²) in [5.74, 6) is 1.18. The predicted octanol–water partition coefficient (Wildman–Crippen LogP) is 1.84. The molecule has 6 nitrogen and oxygen atoms in total. The minimum atomic E-state index is 0.376. The first-order valence-electron chi connectivity index (χ1n) is 6.60. The van der Waals surface area contributed by atoms with Gasteiger partial charge < -0.3 is 15.6 Å². The van der Waals surface area contributed by atoms with Gasteiger partial charge >= 0.3 is 0 Å². The summed E-state index contributed by atoms with van der Waals surface area (Å²) in [5, 5.41) is 11.0. The molecule has 1 aromatic carbocycles. The van der Waals surface area contributed by atoms with Crippen molar-refractivity contribution in [1.82, 2.24) is 14.8 Å². The van der Waals surface area contributed by atoms with E-state index < -0.39 is 0 Å². The van der Waals surface area contributed by atoms with Crippen LogP contribution in [0.1, 0.15) is 23.9 Å². The van der Waals surface area contributed by atoms with Crippen LogP contribution in [0.4, 0.5) is 5.69 Å². The summed E-state index contributed by atoms with van der Waals surface area (Å²) >= 11 is 0. The van der Waals surface area contributed by atoms with Crippen molar-refractivity contribution >= 4 is 11.6 Å². The first-order valence-corrected chi connectivity index (χ1v) is 6.60. The molecule has 0 aliphatic rings. The van der Waals surface area contributed by atoms with Crippen LogP contribution in [-0.4, -0.2) is 20.7 Å². The van der Waals surface area contributed by atoms with Crippen LogP contribution in [0.15, 0.2) is 29.5 Å². The molecule has 0 aliphatic heterocycles. The maximum absolute atomic E-state index is 5.90. The number of nitrogens with two attached hydrogens (primary N) is 1. The number of rotatable bonds is 4. The van der Waals surface area contributed by atoms with E-state index in [1.54, 1.807) is 6.33 Å². The zero-order valence-electron chi connectivity index (χ0n) is 12.1. The Bertz CT molecular complexity index is 594. The molecule has 1 aromatic heterocycles. The van der Waals surface area contributed by atoms with Crippen LogP contribution in [0.2, 0.25) is 0 Å². The minimum absolute atomic E-state index is 0.376. The lowest BCUT2D eigenvalue weighted by molar-refractivity contribution is 0.699. The number of aromatic nitrogens is 3. The van der Waals surface area contributed by atoms with Crippen LogP contribution < -0.4 is 11.1 Å². The highest BCUT2D eigenvalue weighted by molar-refractivity contribution is 5.92. The molecular formula is C14H20N6. The topological polar surface area (TPSA) is 81.1 Å². The number of anilines is 1. The molecule has 1 heterocycles. The Balaban J connectivity index is 2.04. The first-order chi connectivity index (χ1) is 9.58. The molecular weight excluding hydrogens is 252 g/mol. The lowest BCUT2D eigenvalue weighted by Gasteiger charge is -2.08. The molecule has 0 saturated heterocycles. The van der Waals surface area contributed by atoms with Crippen LogP contribution >= 0.6 is 0 Å². The molecule has 6 heteroatoms. The Hall–Kier alpha value is -2.37. The van der Waals surface area contributed by atoms with Crippen molar-refractivity contribution in [3.8, 4) is 0 Å². The van der Waals surface area contributed by atoms with Crippen molar-refractivity contribution in [1.29, 1.82) is 0 Å². The lowest BCUT2D eigenvalue weighted by atomic mass is 10.1. The first kappa shape index (κ1) is 14.0. The predicted molar refractivity (Wildman–Crippen MR) is 80.6 cm³/mol. The fraction of sp³-hybridized carbons (Fsp3) is 0.357. The second-order valence-electron chi connectivity index (χ2n) is 4.74. The van der Waals surface area contributed by atoms with Gasteiger partial charge in [-0.25, -0.2) is 4.99 Å². The van der Waals surface area contributed by atoms with E-state index in [1.807, 2.05) is 23.6 Å². The van der Waals surface area contributed by atoms with E-state index in [0.29, 0.717) is 12.5 Å². The Morgan fingerprint density at radius 2 is 2.00 bits per heavy atom. The van der Waals surface area contributed by atoms with E-state index in [1.165, 1.54) is 11.1 Å². The number of hydrogen-bond donors (Lipinski definition) is 2. The molecule has 2 rings (SSSR count). The molecule has 2 aromatic rings. The van der Waals surface area contributed by atoms with E-state index in [4.69, 9.17) is 5.73 Å². The van der Waals surface area contributed by atoms with Crippen LogP contribution in [0.3, 0.4) is 0 Å².